The highest BCUT2D eigenvalue weighted by atomic mass is 32.2. The van der Waals surface area contributed by atoms with Gasteiger partial charge in [-0.2, -0.15) is 0 Å². The fourth-order valence-electron chi connectivity index (χ4n) is 4.19. The predicted octanol–water partition coefficient (Wildman–Crippen LogP) is 4.24. The highest BCUT2D eigenvalue weighted by Crippen LogP contribution is 2.44. The molecule has 4 rings (SSSR count). The summed E-state index contributed by atoms with van der Waals surface area (Å²) >= 11 is 0. The van der Waals surface area contributed by atoms with E-state index in [1.165, 1.54) is 20.3 Å². The van der Waals surface area contributed by atoms with Gasteiger partial charge in [0, 0.05) is 18.3 Å². The Hall–Kier alpha value is -3.52. The predicted molar refractivity (Wildman–Crippen MR) is 131 cm³/mol. The zero-order valence-electron chi connectivity index (χ0n) is 19.2. The average molecular weight is 481 g/mol. The molecule has 1 fully saturated rings. The SMILES string of the molecule is COc1ccc(OC)c(S(=O)(=O)Nc2ccc(C3(C(=O)NCc4ccccc4)CCC3)cc2)c1. The molecule has 0 radical (unpaired) electrons. The topological polar surface area (TPSA) is 93.7 Å². The molecule has 1 saturated carbocycles. The van der Waals surface area contributed by atoms with Gasteiger partial charge in [0.15, 0.2) is 0 Å². The molecular formula is C26H28N2O5S. The summed E-state index contributed by atoms with van der Waals surface area (Å²) in [4.78, 5) is 13.1. The molecule has 8 heteroatoms. The van der Waals surface area contributed by atoms with Gasteiger partial charge < -0.3 is 14.8 Å². The number of amides is 1. The van der Waals surface area contributed by atoms with Crippen molar-refractivity contribution >= 4 is 21.6 Å². The van der Waals surface area contributed by atoms with Crippen molar-refractivity contribution < 1.29 is 22.7 Å². The van der Waals surface area contributed by atoms with Crippen molar-refractivity contribution in [2.45, 2.75) is 36.1 Å². The molecule has 1 amide bonds. The minimum atomic E-state index is -3.92. The van der Waals surface area contributed by atoms with E-state index in [1.807, 2.05) is 42.5 Å². The Morgan fingerprint density at radius 3 is 2.24 bits per heavy atom. The number of carbonyl (C=O) groups is 1. The molecule has 1 aliphatic rings. The van der Waals surface area contributed by atoms with Crippen LogP contribution in [-0.2, 0) is 26.8 Å². The summed E-state index contributed by atoms with van der Waals surface area (Å²) in [5.74, 6) is 0.621. The molecule has 7 nitrogen and oxygen atoms in total. The Morgan fingerprint density at radius 1 is 0.941 bits per heavy atom. The number of anilines is 1. The first-order chi connectivity index (χ1) is 16.4. The second kappa shape index (κ2) is 9.77. The van der Waals surface area contributed by atoms with E-state index in [1.54, 1.807) is 24.3 Å². The Kier molecular flexibility index (Phi) is 6.79. The Morgan fingerprint density at radius 2 is 1.65 bits per heavy atom. The van der Waals surface area contributed by atoms with Crippen LogP contribution in [0.25, 0.3) is 0 Å². The highest BCUT2D eigenvalue weighted by Gasteiger charge is 2.45. The number of carbonyl (C=O) groups excluding carboxylic acids is 1. The average Bonchev–Trinajstić information content (AvgIpc) is 2.83. The van der Waals surface area contributed by atoms with Crippen LogP contribution in [0.15, 0.2) is 77.7 Å². The van der Waals surface area contributed by atoms with Gasteiger partial charge in [0.1, 0.15) is 16.4 Å². The molecule has 34 heavy (non-hydrogen) atoms. The number of hydrogen-bond donors (Lipinski definition) is 2. The van der Waals surface area contributed by atoms with Crippen molar-refractivity contribution in [3.05, 3.63) is 83.9 Å². The van der Waals surface area contributed by atoms with Gasteiger partial charge in [-0.05, 0) is 48.2 Å². The van der Waals surface area contributed by atoms with Crippen LogP contribution in [0.2, 0.25) is 0 Å². The molecule has 1 aliphatic carbocycles. The summed E-state index contributed by atoms with van der Waals surface area (Å²) in [5.41, 5.74) is 1.74. The van der Waals surface area contributed by atoms with Gasteiger partial charge in [-0.15, -0.1) is 0 Å². The summed E-state index contributed by atoms with van der Waals surface area (Å²) < 4.78 is 39.0. The summed E-state index contributed by atoms with van der Waals surface area (Å²) in [6, 6.07) is 21.4. The van der Waals surface area contributed by atoms with Gasteiger partial charge in [0.05, 0.1) is 19.6 Å². The molecule has 3 aromatic rings. The van der Waals surface area contributed by atoms with Crippen molar-refractivity contribution in [2.24, 2.45) is 0 Å². The van der Waals surface area contributed by atoms with Crippen LogP contribution in [0, 0.1) is 0 Å². The van der Waals surface area contributed by atoms with Crippen molar-refractivity contribution in [3.63, 3.8) is 0 Å². The Balaban J connectivity index is 1.50. The molecule has 0 spiro atoms. The van der Waals surface area contributed by atoms with E-state index in [-0.39, 0.29) is 16.6 Å². The van der Waals surface area contributed by atoms with Gasteiger partial charge in [0.2, 0.25) is 5.91 Å². The number of hydrogen-bond acceptors (Lipinski definition) is 5. The molecule has 0 bridgehead atoms. The number of ether oxygens (including phenoxy) is 2. The lowest BCUT2D eigenvalue weighted by Crippen LogP contribution is -2.48. The monoisotopic (exact) mass is 480 g/mol. The molecule has 0 atom stereocenters. The Labute approximate surface area is 200 Å². The van der Waals surface area contributed by atoms with Crippen molar-refractivity contribution in [2.75, 3.05) is 18.9 Å². The van der Waals surface area contributed by atoms with E-state index < -0.39 is 15.4 Å². The van der Waals surface area contributed by atoms with Crippen LogP contribution < -0.4 is 19.5 Å². The van der Waals surface area contributed by atoms with Gasteiger partial charge in [-0.1, -0.05) is 48.9 Å². The lowest BCUT2D eigenvalue weighted by molar-refractivity contribution is -0.130. The fourth-order valence-corrected chi connectivity index (χ4v) is 5.43. The molecule has 0 heterocycles. The number of nitrogens with one attached hydrogen (secondary N) is 2. The quantitative estimate of drug-likeness (QED) is 0.478. The molecule has 2 N–H and O–H groups in total. The Bertz CT molecular complexity index is 1250. The number of rotatable bonds is 9. The molecule has 3 aromatic carbocycles. The van der Waals surface area contributed by atoms with E-state index >= 15 is 0 Å². The van der Waals surface area contributed by atoms with E-state index in [0.717, 1.165) is 30.4 Å². The number of methoxy groups -OCH3 is 2. The van der Waals surface area contributed by atoms with Crippen molar-refractivity contribution in [3.8, 4) is 11.5 Å². The maximum atomic E-state index is 13.1. The zero-order valence-corrected chi connectivity index (χ0v) is 20.0. The second-order valence-corrected chi connectivity index (χ2v) is 9.95. The third kappa shape index (κ3) is 4.72. The summed E-state index contributed by atoms with van der Waals surface area (Å²) in [6.45, 7) is 0.474. The molecule has 0 aliphatic heterocycles. The zero-order chi connectivity index (χ0) is 24.2. The normalized spacial score (nSPS) is 14.5. The third-order valence-corrected chi connectivity index (χ3v) is 7.69. The largest absolute Gasteiger partial charge is 0.497 e. The minimum absolute atomic E-state index is 0.00273. The maximum absolute atomic E-state index is 13.1. The maximum Gasteiger partial charge on any atom is 0.265 e. The van der Waals surface area contributed by atoms with Gasteiger partial charge >= 0.3 is 0 Å². The summed E-state index contributed by atoms with van der Waals surface area (Å²) in [7, 11) is -1.04. The molecular weight excluding hydrogens is 452 g/mol. The first-order valence-electron chi connectivity index (χ1n) is 11.1. The molecule has 0 unspecified atom stereocenters. The van der Waals surface area contributed by atoms with E-state index in [2.05, 4.69) is 10.0 Å². The fraction of sp³-hybridized carbons (Fsp3) is 0.269. The van der Waals surface area contributed by atoms with Crippen molar-refractivity contribution in [1.29, 1.82) is 0 Å². The summed E-state index contributed by atoms with van der Waals surface area (Å²) in [6.07, 6.45) is 2.50. The van der Waals surface area contributed by atoms with E-state index in [0.29, 0.717) is 18.0 Å². The van der Waals surface area contributed by atoms with Crippen LogP contribution in [0.4, 0.5) is 5.69 Å². The first kappa shape index (κ1) is 23.6. The van der Waals surface area contributed by atoms with E-state index in [4.69, 9.17) is 9.47 Å². The molecule has 178 valence electrons. The van der Waals surface area contributed by atoms with Crippen LogP contribution >= 0.6 is 0 Å². The molecule has 0 saturated heterocycles. The van der Waals surface area contributed by atoms with Crippen LogP contribution in [0.5, 0.6) is 11.5 Å². The smallest absolute Gasteiger partial charge is 0.265 e. The minimum Gasteiger partial charge on any atom is -0.497 e. The van der Waals surface area contributed by atoms with Gasteiger partial charge in [-0.3, -0.25) is 9.52 Å². The van der Waals surface area contributed by atoms with E-state index in [9.17, 15) is 13.2 Å². The second-order valence-electron chi connectivity index (χ2n) is 8.30. The van der Waals surface area contributed by atoms with Crippen LogP contribution in [0.1, 0.15) is 30.4 Å². The van der Waals surface area contributed by atoms with Gasteiger partial charge in [-0.25, -0.2) is 8.42 Å². The standard InChI is InChI=1S/C26H28N2O5S/c1-32-22-13-14-23(33-2)24(17-22)34(30,31)28-21-11-9-20(10-12-21)26(15-6-16-26)25(29)27-18-19-7-4-3-5-8-19/h3-5,7-14,17,28H,6,15-16,18H2,1-2H3,(H,27,29). The highest BCUT2D eigenvalue weighted by molar-refractivity contribution is 7.92. The summed E-state index contributed by atoms with van der Waals surface area (Å²) in [5, 5.41) is 3.06. The lowest BCUT2D eigenvalue weighted by Gasteiger charge is -2.40. The van der Waals surface area contributed by atoms with Crippen LogP contribution in [-0.4, -0.2) is 28.5 Å². The third-order valence-electron chi connectivity index (χ3n) is 6.29. The van der Waals surface area contributed by atoms with Gasteiger partial charge in [0.25, 0.3) is 10.0 Å². The lowest BCUT2D eigenvalue weighted by atomic mass is 9.63. The molecule has 0 aromatic heterocycles. The van der Waals surface area contributed by atoms with Crippen molar-refractivity contribution in [1.82, 2.24) is 5.32 Å². The van der Waals surface area contributed by atoms with Crippen LogP contribution in [0.3, 0.4) is 0 Å². The number of benzene rings is 3. The number of sulfonamides is 1. The first-order valence-corrected chi connectivity index (χ1v) is 12.5.